The predicted octanol–water partition coefficient (Wildman–Crippen LogP) is 1.89. The van der Waals surface area contributed by atoms with Crippen molar-refractivity contribution in [2.24, 2.45) is 0 Å². The lowest BCUT2D eigenvalue weighted by atomic mass is 10.4. The van der Waals surface area contributed by atoms with E-state index >= 15 is 0 Å². The lowest BCUT2D eigenvalue weighted by molar-refractivity contribution is -0.136. The van der Waals surface area contributed by atoms with Crippen LogP contribution in [0, 0.1) is 0 Å². The third-order valence-corrected chi connectivity index (χ3v) is 2.91. The minimum Gasteiger partial charge on any atom is -0.395 e. The quantitative estimate of drug-likeness (QED) is 0.605. The van der Waals surface area contributed by atoms with Crippen molar-refractivity contribution in [1.29, 1.82) is 0 Å². The van der Waals surface area contributed by atoms with Gasteiger partial charge in [0.05, 0.1) is 6.61 Å². The molecule has 1 N–H and O–H groups in total. The zero-order valence-electron chi connectivity index (χ0n) is 9.36. The van der Waals surface area contributed by atoms with Gasteiger partial charge in [-0.2, -0.15) is 11.8 Å². The highest BCUT2D eigenvalue weighted by molar-refractivity contribution is 7.99. The van der Waals surface area contributed by atoms with Crippen molar-refractivity contribution in [1.82, 2.24) is 0 Å². The molecule has 1 unspecified atom stereocenters. The number of aliphatic hydroxyl groups excluding tert-OH is 1. The van der Waals surface area contributed by atoms with Crippen LogP contribution in [0.25, 0.3) is 0 Å². The Bertz CT molecular complexity index is 116. The molecular formula is C10H22O3S. The van der Waals surface area contributed by atoms with Crippen LogP contribution < -0.4 is 0 Å². The third kappa shape index (κ3) is 7.62. The number of ether oxygens (including phenoxy) is 2. The first-order valence-corrected chi connectivity index (χ1v) is 6.25. The van der Waals surface area contributed by atoms with Gasteiger partial charge in [0.25, 0.3) is 0 Å². The summed E-state index contributed by atoms with van der Waals surface area (Å²) in [5, 5.41) is 9.13. The Morgan fingerprint density at radius 3 is 2.21 bits per heavy atom. The number of aliphatic hydroxyl groups is 1. The first kappa shape index (κ1) is 14.2. The molecule has 0 heterocycles. The molecule has 0 radical (unpaired) electrons. The molecule has 0 aromatic carbocycles. The predicted molar refractivity (Wildman–Crippen MR) is 60.7 cm³/mol. The maximum absolute atomic E-state index is 8.82. The molecule has 0 aliphatic carbocycles. The molecule has 0 aliphatic heterocycles. The summed E-state index contributed by atoms with van der Waals surface area (Å²) in [6.07, 6.45) is 0.805. The number of thioether (sulfide) groups is 1. The summed E-state index contributed by atoms with van der Waals surface area (Å²) in [5.74, 6) is 0.965. The normalized spacial score (nSPS) is 13.5. The van der Waals surface area contributed by atoms with E-state index in [-0.39, 0.29) is 12.9 Å². The summed E-state index contributed by atoms with van der Waals surface area (Å²) in [7, 11) is 0. The van der Waals surface area contributed by atoms with E-state index in [1.807, 2.05) is 20.8 Å². The van der Waals surface area contributed by atoms with Crippen molar-refractivity contribution < 1.29 is 14.6 Å². The molecule has 0 saturated carbocycles. The molecule has 0 rings (SSSR count). The second-order valence-electron chi connectivity index (χ2n) is 2.99. The van der Waals surface area contributed by atoms with Gasteiger partial charge in [-0.1, -0.05) is 6.92 Å². The SMILES string of the molecule is CCOC(CCSC(C)CO)OCC. The van der Waals surface area contributed by atoms with Crippen LogP contribution in [0.15, 0.2) is 0 Å². The van der Waals surface area contributed by atoms with E-state index in [2.05, 4.69) is 0 Å². The van der Waals surface area contributed by atoms with Crippen molar-refractivity contribution in [2.45, 2.75) is 38.7 Å². The molecule has 0 aromatic heterocycles. The Morgan fingerprint density at radius 1 is 1.21 bits per heavy atom. The zero-order valence-corrected chi connectivity index (χ0v) is 10.2. The molecule has 86 valence electrons. The zero-order chi connectivity index (χ0) is 10.8. The molecular weight excluding hydrogens is 200 g/mol. The first-order valence-electron chi connectivity index (χ1n) is 5.20. The Kier molecular flexibility index (Phi) is 9.93. The van der Waals surface area contributed by atoms with Crippen LogP contribution >= 0.6 is 11.8 Å². The minimum absolute atomic E-state index is 0.0802. The molecule has 0 aromatic rings. The van der Waals surface area contributed by atoms with Gasteiger partial charge in [-0.3, -0.25) is 0 Å². The van der Waals surface area contributed by atoms with Crippen molar-refractivity contribution in [3.05, 3.63) is 0 Å². The average molecular weight is 222 g/mol. The monoisotopic (exact) mass is 222 g/mol. The van der Waals surface area contributed by atoms with Crippen molar-refractivity contribution in [2.75, 3.05) is 25.6 Å². The molecule has 3 nitrogen and oxygen atoms in total. The van der Waals surface area contributed by atoms with E-state index < -0.39 is 0 Å². The Labute approximate surface area is 91.2 Å². The summed E-state index contributed by atoms with van der Waals surface area (Å²) in [6.45, 7) is 7.56. The largest absolute Gasteiger partial charge is 0.395 e. The lowest BCUT2D eigenvalue weighted by Gasteiger charge is -2.17. The molecule has 4 heteroatoms. The van der Waals surface area contributed by atoms with Gasteiger partial charge in [0.1, 0.15) is 0 Å². The molecule has 1 atom stereocenters. The van der Waals surface area contributed by atoms with Crippen molar-refractivity contribution in [3.8, 4) is 0 Å². The summed E-state index contributed by atoms with van der Waals surface area (Å²) in [5.41, 5.74) is 0. The van der Waals surface area contributed by atoms with Crippen LogP contribution in [0.4, 0.5) is 0 Å². The standard InChI is InChI=1S/C10H22O3S/c1-4-12-10(13-5-2)6-7-14-9(3)8-11/h9-11H,4-8H2,1-3H3. The second kappa shape index (κ2) is 9.77. The number of hydrogen-bond acceptors (Lipinski definition) is 4. The maximum atomic E-state index is 8.82. The lowest BCUT2D eigenvalue weighted by Crippen LogP contribution is -2.18. The van der Waals surface area contributed by atoms with Gasteiger partial charge < -0.3 is 14.6 Å². The summed E-state index contributed by atoms with van der Waals surface area (Å²) in [6, 6.07) is 0. The van der Waals surface area contributed by atoms with Crippen LogP contribution in [0.1, 0.15) is 27.2 Å². The van der Waals surface area contributed by atoms with E-state index in [4.69, 9.17) is 14.6 Å². The van der Waals surface area contributed by atoms with Gasteiger partial charge in [0, 0.05) is 24.9 Å². The van der Waals surface area contributed by atoms with E-state index in [9.17, 15) is 0 Å². The highest BCUT2D eigenvalue weighted by atomic mass is 32.2. The first-order chi connectivity index (χ1) is 6.74. The molecule has 0 amide bonds. The molecule has 0 aliphatic rings. The fourth-order valence-corrected chi connectivity index (χ4v) is 1.84. The fourth-order valence-electron chi connectivity index (χ4n) is 1.00. The summed E-state index contributed by atoms with van der Waals surface area (Å²) < 4.78 is 10.8. The van der Waals surface area contributed by atoms with Gasteiger partial charge in [-0.25, -0.2) is 0 Å². The van der Waals surface area contributed by atoms with Crippen LogP contribution in [0.2, 0.25) is 0 Å². The molecule has 0 fully saturated rings. The molecule has 14 heavy (non-hydrogen) atoms. The maximum Gasteiger partial charge on any atom is 0.158 e. The van der Waals surface area contributed by atoms with Crippen LogP contribution in [-0.2, 0) is 9.47 Å². The van der Waals surface area contributed by atoms with Gasteiger partial charge in [-0.15, -0.1) is 0 Å². The van der Waals surface area contributed by atoms with Gasteiger partial charge in [0.15, 0.2) is 6.29 Å². The second-order valence-corrected chi connectivity index (χ2v) is 4.54. The molecule has 0 saturated heterocycles. The third-order valence-electron chi connectivity index (χ3n) is 1.72. The number of rotatable bonds is 9. The summed E-state index contributed by atoms with van der Waals surface area (Å²) >= 11 is 1.75. The topological polar surface area (TPSA) is 38.7 Å². The number of hydrogen-bond donors (Lipinski definition) is 1. The Balaban J connectivity index is 3.49. The van der Waals surface area contributed by atoms with Gasteiger partial charge >= 0.3 is 0 Å². The van der Waals surface area contributed by atoms with Crippen molar-refractivity contribution in [3.63, 3.8) is 0 Å². The Hall–Kier alpha value is 0.230. The molecule has 0 bridgehead atoms. The van der Waals surface area contributed by atoms with Gasteiger partial charge in [-0.05, 0) is 19.6 Å². The average Bonchev–Trinajstić information content (AvgIpc) is 2.18. The highest BCUT2D eigenvalue weighted by Gasteiger charge is 2.08. The fraction of sp³-hybridized carbons (Fsp3) is 1.00. The van der Waals surface area contributed by atoms with Crippen LogP contribution in [0.5, 0.6) is 0 Å². The molecule has 0 spiro atoms. The Morgan fingerprint density at radius 2 is 1.79 bits per heavy atom. The van der Waals surface area contributed by atoms with E-state index in [1.165, 1.54) is 0 Å². The van der Waals surface area contributed by atoms with E-state index in [0.29, 0.717) is 18.5 Å². The minimum atomic E-state index is -0.0802. The summed E-state index contributed by atoms with van der Waals surface area (Å²) in [4.78, 5) is 0. The smallest absolute Gasteiger partial charge is 0.158 e. The van der Waals surface area contributed by atoms with E-state index in [0.717, 1.165) is 12.2 Å². The van der Waals surface area contributed by atoms with Crippen LogP contribution in [0.3, 0.4) is 0 Å². The highest BCUT2D eigenvalue weighted by Crippen LogP contribution is 2.13. The van der Waals surface area contributed by atoms with Crippen molar-refractivity contribution >= 4 is 11.8 Å². The van der Waals surface area contributed by atoms with E-state index in [1.54, 1.807) is 11.8 Å². The van der Waals surface area contributed by atoms with Crippen LogP contribution in [-0.4, -0.2) is 42.2 Å². The van der Waals surface area contributed by atoms with Gasteiger partial charge in [0.2, 0.25) is 0 Å².